The first-order valence-electron chi connectivity index (χ1n) is 5.96. The summed E-state index contributed by atoms with van der Waals surface area (Å²) in [6, 6.07) is 5.09. The SMILES string of the molecule is NCCc1c(Oc2ccc(Cl)cc2Cl)nc2sccn12. The van der Waals surface area contributed by atoms with Gasteiger partial charge < -0.3 is 10.5 Å². The zero-order chi connectivity index (χ0) is 14.1. The van der Waals surface area contributed by atoms with Gasteiger partial charge in [0, 0.05) is 23.0 Å². The second-order valence-corrected chi connectivity index (χ2v) is 5.85. The smallest absolute Gasteiger partial charge is 0.242 e. The van der Waals surface area contributed by atoms with Crippen molar-refractivity contribution in [2.24, 2.45) is 5.73 Å². The van der Waals surface area contributed by atoms with Gasteiger partial charge in [-0.2, -0.15) is 4.98 Å². The Morgan fingerprint density at radius 1 is 1.35 bits per heavy atom. The topological polar surface area (TPSA) is 52.5 Å². The lowest BCUT2D eigenvalue weighted by molar-refractivity contribution is 0.459. The standard InChI is InChI=1S/C13H11Cl2N3OS/c14-8-1-2-11(9(15)7-8)19-12-10(3-4-16)18-5-6-20-13(18)17-12/h1-2,5-7H,3-4,16H2. The van der Waals surface area contributed by atoms with Gasteiger partial charge in [0.1, 0.15) is 5.75 Å². The summed E-state index contributed by atoms with van der Waals surface area (Å²) in [4.78, 5) is 5.33. The van der Waals surface area contributed by atoms with Gasteiger partial charge in [0.15, 0.2) is 4.96 Å². The number of benzene rings is 1. The van der Waals surface area contributed by atoms with Crippen LogP contribution in [0.2, 0.25) is 10.0 Å². The third-order valence-corrected chi connectivity index (χ3v) is 4.09. The number of hydrogen-bond donors (Lipinski definition) is 1. The maximum atomic E-state index is 6.12. The van der Waals surface area contributed by atoms with Crippen LogP contribution in [0.4, 0.5) is 0 Å². The van der Waals surface area contributed by atoms with Gasteiger partial charge in [-0.1, -0.05) is 23.2 Å². The van der Waals surface area contributed by atoms with Crippen LogP contribution in [-0.4, -0.2) is 15.9 Å². The minimum Gasteiger partial charge on any atom is -0.436 e. The number of imidazole rings is 1. The lowest BCUT2D eigenvalue weighted by Crippen LogP contribution is -2.05. The maximum absolute atomic E-state index is 6.12. The summed E-state index contributed by atoms with van der Waals surface area (Å²) < 4.78 is 7.80. The van der Waals surface area contributed by atoms with Gasteiger partial charge in [0.05, 0.1) is 10.7 Å². The second kappa shape index (κ2) is 5.61. The molecule has 1 aromatic carbocycles. The van der Waals surface area contributed by atoms with E-state index < -0.39 is 0 Å². The molecule has 0 atom stereocenters. The van der Waals surface area contributed by atoms with Crippen molar-refractivity contribution in [3.63, 3.8) is 0 Å². The Morgan fingerprint density at radius 2 is 2.20 bits per heavy atom. The maximum Gasteiger partial charge on any atom is 0.242 e. The molecule has 0 aliphatic heterocycles. The predicted molar refractivity (Wildman–Crippen MR) is 82.4 cm³/mol. The summed E-state index contributed by atoms with van der Waals surface area (Å²) in [5.74, 6) is 1.06. The van der Waals surface area contributed by atoms with Crippen LogP contribution in [0.25, 0.3) is 4.96 Å². The highest BCUT2D eigenvalue weighted by Crippen LogP contribution is 2.33. The number of thiazole rings is 1. The molecule has 0 aliphatic carbocycles. The summed E-state index contributed by atoms with van der Waals surface area (Å²) in [5, 5.41) is 2.99. The Morgan fingerprint density at radius 3 is 2.95 bits per heavy atom. The van der Waals surface area contributed by atoms with Crippen molar-refractivity contribution in [1.29, 1.82) is 0 Å². The third-order valence-electron chi connectivity index (χ3n) is 2.81. The van der Waals surface area contributed by atoms with Crippen molar-refractivity contribution in [2.75, 3.05) is 6.54 Å². The number of rotatable bonds is 4. The molecule has 0 unspecified atom stereocenters. The van der Waals surface area contributed by atoms with E-state index >= 15 is 0 Å². The average Bonchev–Trinajstić information content (AvgIpc) is 2.96. The third kappa shape index (κ3) is 2.50. The van der Waals surface area contributed by atoms with Crippen molar-refractivity contribution in [1.82, 2.24) is 9.38 Å². The van der Waals surface area contributed by atoms with Crippen molar-refractivity contribution in [3.8, 4) is 11.6 Å². The first-order valence-corrected chi connectivity index (χ1v) is 7.60. The Balaban J connectivity index is 2.01. The minimum atomic E-state index is 0.451. The summed E-state index contributed by atoms with van der Waals surface area (Å²) in [6.45, 7) is 0.522. The fourth-order valence-electron chi connectivity index (χ4n) is 1.92. The van der Waals surface area contributed by atoms with E-state index in [1.165, 1.54) is 0 Å². The van der Waals surface area contributed by atoms with Crippen molar-refractivity contribution in [2.45, 2.75) is 6.42 Å². The highest BCUT2D eigenvalue weighted by atomic mass is 35.5. The van der Waals surface area contributed by atoms with Crippen molar-refractivity contribution in [3.05, 3.63) is 45.5 Å². The Labute approximate surface area is 129 Å². The van der Waals surface area contributed by atoms with E-state index in [1.54, 1.807) is 29.5 Å². The van der Waals surface area contributed by atoms with Crippen LogP contribution in [0.5, 0.6) is 11.6 Å². The summed E-state index contributed by atoms with van der Waals surface area (Å²) >= 11 is 13.5. The molecule has 0 amide bonds. The molecule has 20 heavy (non-hydrogen) atoms. The van der Waals surface area contributed by atoms with E-state index in [4.69, 9.17) is 33.7 Å². The molecule has 0 fully saturated rings. The Bertz CT molecular complexity index is 753. The van der Waals surface area contributed by atoms with Crippen LogP contribution >= 0.6 is 34.5 Å². The second-order valence-electron chi connectivity index (χ2n) is 4.13. The predicted octanol–water partition coefficient (Wildman–Crippen LogP) is 4.00. The van der Waals surface area contributed by atoms with Crippen molar-refractivity contribution >= 4 is 39.5 Å². The molecule has 0 bridgehead atoms. The summed E-state index contributed by atoms with van der Waals surface area (Å²) in [7, 11) is 0. The highest BCUT2D eigenvalue weighted by molar-refractivity contribution is 7.15. The zero-order valence-electron chi connectivity index (χ0n) is 10.3. The van der Waals surface area contributed by atoms with Crippen LogP contribution in [0.3, 0.4) is 0 Å². The number of ether oxygens (including phenoxy) is 1. The minimum absolute atomic E-state index is 0.451. The molecule has 3 aromatic rings. The van der Waals surface area contributed by atoms with Gasteiger partial charge in [0.2, 0.25) is 5.88 Å². The van der Waals surface area contributed by atoms with E-state index in [0.29, 0.717) is 34.6 Å². The van der Waals surface area contributed by atoms with Gasteiger partial charge in [-0.25, -0.2) is 0 Å². The molecule has 2 N–H and O–H groups in total. The van der Waals surface area contributed by atoms with E-state index in [9.17, 15) is 0 Å². The van der Waals surface area contributed by atoms with Gasteiger partial charge in [-0.15, -0.1) is 11.3 Å². The number of nitrogens with two attached hydrogens (primary N) is 1. The van der Waals surface area contributed by atoms with Gasteiger partial charge >= 0.3 is 0 Å². The normalized spacial score (nSPS) is 11.2. The number of fused-ring (bicyclic) bond motifs is 1. The molecule has 0 aliphatic rings. The van der Waals surface area contributed by atoms with Crippen LogP contribution in [-0.2, 0) is 6.42 Å². The molecule has 7 heteroatoms. The molecule has 0 saturated heterocycles. The number of nitrogens with zero attached hydrogens (tertiary/aromatic N) is 2. The highest BCUT2D eigenvalue weighted by Gasteiger charge is 2.15. The molecule has 2 heterocycles. The molecule has 0 saturated carbocycles. The van der Waals surface area contributed by atoms with Crippen LogP contribution < -0.4 is 10.5 Å². The average molecular weight is 328 g/mol. The number of hydrogen-bond acceptors (Lipinski definition) is 4. The van der Waals surface area contributed by atoms with E-state index in [-0.39, 0.29) is 0 Å². The first-order chi connectivity index (χ1) is 9.69. The fraction of sp³-hybridized carbons (Fsp3) is 0.154. The molecular formula is C13H11Cl2N3OS. The van der Waals surface area contributed by atoms with Gasteiger partial charge in [0.25, 0.3) is 0 Å². The lowest BCUT2D eigenvalue weighted by Gasteiger charge is -2.07. The molecule has 4 nitrogen and oxygen atoms in total. The van der Waals surface area contributed by atoms with Crippen molar-refractivity contribution < 1.29 is 4.74 Å². The first kappa shape index (κ1) is 13.7. The zero-order valence-corrected chi connectivity index (χ0v) is 12.7. The molecule has 0 spiro atoms. The monoisotopic (exact) mass is 327 g/mol. The number of aromatic nitrogens is 2. The van der Waals surface area contributed by atoms with E-state index in [2.05, 4.69) is 4.98 Å². The largest absolute Gasteiger partial charge is 0.436 e. The Hall–Kier alpha value is -1.27. The molecule has 104 valence electrons. The van der Waals surface area contributed by atoms with Gasteiger partial charge in [-0.3, -0.25) is 4.40 Å². The molecule has 3 rings (SSSR count). The molecule has 0 radical (unpaired) electrons. The lowest BCUT2D eigenvalue weighted by atomic mass is 10.3. The van der Waals surface area contributed by atoms with Gasteiger partial charge in [-0.05, 0) is 24.7 Å². The fourth-order valence-corrected chi connectivity index (χ4v) is 3.09. The molecule has 2 aromatic heterocycles. The van der Waals surface area contributed by atoms with Crippen LogP contribution in [0.1, 0.15) is 5.69 Å². The van der Waals surface area contributed by atoms with E-state index in [0.717, 1.165) is 10.7 Å². The summed E-state index contributed by atoms with van der Waals surface area (Å²) in [6.07, 6.45) is 2.63. The van der Waals surface area contributed by atoms with Crippen LogP contribution in [0, 0.1) is 0 Å². The van der Waals surface area contributed by atoms with Crippen LogP contribution in [0.15, 0.2) is 29.8 Å². The number of halogens is 2. The van der Waals surface area contributed by atoms with E-state index in [1.807, 2.05) is 16.0 Å². The Kier molecular flexibility index (Phi) is 3.85. The summed E-state index contributed by atoms with van der Waals surface area (Å²) in [5.41, 5.74) is 6.59. The molecular weight excluding hydrogens is 317 g/mol. The quantitative estimate of drug-likeness (QED) is 0.788.